The lowest BCUT2D eigenvalue weighted by atomic mass is 10.2. The van der Waals surface area contributed by atoms with Crippen molar-refractivity contribution in [3.05, 3.63) is 0 Å². The highest BCUT2D eigenvalue weighted by atomic mass is 32.2. The van der Waals surface area contributed by atoms with E-state index in [1.165, 1.54) is 0 Å². The van der Waals surface area contributed by atoms with E-state index in [0.29, 0.717) is 6.42 Å². The summed E-state index contributed by atoms with van der Waals surface area (Å²) in [4.78, 5) is 11.4. The Hall–Kier alpha value is -0.590. The lowest BCUT2D eigenvalue weighted by molar-refractivity contribution is -0.105. The molecule has 0 unspecified atom stereocenters. The number of alkyl carbamates (subject to hydrolysis) is 1. The van der Waals surface area contributed by atoms with Gasteiger partial charge in [-0.2, -0.15) is 24.9 Å². The minimum atomic E-state index is -4.17. The average molecular weight is 287 g/mol. The lowest BCUT2D eigenvalue weighted by Crippen LogP contribution is -2.40. The van der Waals surface area contributed by atoms with Crippen LogP contribution in [-0.2, 0) is 4.74 Å². The molecule has 1 N–H and O–H groups in total. The van der Waals surface area contributed by atoms with Gasteiger partial charge in [0.05, 0.1) is 5.75 Å². The van der Waals surface area contributed by atoms with E-state index in [9.17, 15) is 18.0 Å². The van der Waals surface area contributed by atoms with Gasteiger partial charge in [0.1, 0.15) is 5.60 Å². The highest BCUT2D eigenvalue weighted by Gasteiger charge is 2.27. The van der Waals surface area contributed by atoms with E-state index in [0.717, 1.165) is 11.8 Å². The number of ether oxygens (including phenoxy) is 1. The Morgan fingerprint density at radius 3 is 2.28 bits per heavy atom. The number of alkyl halides is 3. The van der Waals surface area contributed by atoms with Crippen LogP contribution in [0.1, 0.15) is 34.1 Å². The summed E-state index contributed by atoms with van der Waals surface area (Å²) < 4.78 is 40.9. The molecule has 1 amide bonds. The number of nitrogens with one attached hydrogen (secondary N) is 1. The van der Waals surface area contributed by atoms with Gasteiger partial charge in [0, 0.05) is 11.8 Å². The molecule has 18 heavy (non-hydrogen) atoms. The van der Waals surface area contributed by atoms with Crippen molar-refractivity contribution in [2.24, 2.45) is 0 Å². The molecule has 0 aromatic heterocycles. The number of amides is 1. The summed E-state index contributed by atoms with van der Waals surface area (Å²) in [5, 5.41) is 2.56. The third kappa shape index (κ3) is 10.6. The van der Waals surface area contributed by atoms with Crippen molar-refractivity contribution in [3.8, 4) is 0 Å². The maximum absolute atomic E-state index is 12.0. The summed E-state index contributed by atoms with van der Waals surface area (Å²) in [5.41, 5.74) is -0.610. The topological polar surface area (TPSA) is 38.3 Å². The Morgan fingerprint density at radius 2 is 1.89 bits per heavy atom. The van der Waals surface area contributed by atoms with Gasteiger partial charge in [-0.1, -0.05) is 6.92 Å². The van der Waals surface area contributed by atoms with E-state index in [1.54, 1.807) is 27.7 Å². The second-order valence-corrected chi connectivity index (χ2v) is 5.91. The van der Waals surface area contributed by atoms with E-state index in [-0.39, 0.29) is 11.8 Å². The summed E-state index contributed by atoms with van der Waals surface area (Å²) in [5.74, 6) is -0.686. The first-order valence-electron chi connectivity index (χ1n) is 5.67. The summed E-state index contributed by atoms with van der Waals surface area (Å²) in [6.07, 6.45) is -4.21. The van der Waals surface area contributed by atoms with Crippen LogP contribution in [0.25, 0.3) is 0 Å². The number of carbonyl (C=O) groups excluding carboxylic acids is 1. The van der Waals surface area contributed by atoms with Crippen LogP contribution in [-0.4, -0.2) is 35.4 Å². The highest BCUT2D eigenvalue weighted by Crippen LogP contribution is 2.21. The van der Waals surface area contributed by atoms with Gasteiger partial charge in [0.2, 0.25) is 0 Å². The molecule has 0 saturated carbocycles. The maximum Gasteiger partial charge on any atom is 0.407 e. The van der Waals surface area contributed by atoms with Crippen molar-refractivity contribution in [2.75, 3.05) is 11.5 Å². The molecule has 1 atom stereocenters. The second kappa shape index (κ2) is 7.11. The summed E-state index contributed by atoms with van der Waals surface area (Å²) >= 11 is 0.758. The minimum Gasteiger partial charge on any atom is -0.444 e. The molecule has 0 aliphatic rings. The minimum absolute atomic E-state index is 0.218. The van der Waals surface area contributed by atoms with Gasteiger partial charge in [0.15, 0.2) is 0 Å². The molecule has 0 fully saturated rings. The maximum atomic E-state index is 12.0. The molecule has 0 aliphatic heterocycles. The largest absolute Gasteiger partial charge is 0.444 e. The zero-order valence-electron chi connectivity index (χ0n) is 11.1. The van der Waals surface area contributed by atoms with Crippen molar-refractivity contribution in [1.29, 1.82) is 0 Å². The predicted molar refractivity (Wildman–Crippen MR) is 66.8 cm³/mol. The highest BCUT2D eigenvalue weighted by molar-refractivity contribution is 7.99. The van der Waals surface area contributed by atoms with E-state index in [4.69, 9.17) is 4.74 Å². The van der Waals surface area contributed by atoms with Crippen LogP contribution >= 0.6 is 11.8 Å². The Kier molecular flexibility index (Phi) is 6.88. The van der Waals surface area contributed by atoms with Crippen LogP contribution in [0.4, 0.5) is 18.0 Å². The fourth-order valence-corrected chi connectivity index (χ4v) is 2.01. The Balaban J connectivity index is 4.00. The quantitative estimate of drug-likeness (QED) is 0.840. The number of thioether (sulfide) groups is 1. The summed E-state index contributed by atoms with van der Waals surface area (Å²) in [6.45, 7) is 6.99. The van der Waals surface area contributed by atoms with Crippen LogP contribution in [0.3, 0.4) is 0 Å². The van der Waals surface area contributed by atoms with Crippen LogP contribution in [0.2, 0.25) is 0 Å². The first kappa shape index (κ1) is 17.4. The number of halogens is 3. The molecule has 108 valence electrons. The van der Waals surface area contributed by atoms with Crippen molar-refractivity contribution < 1.29 is 22.7 Å². The first-order valence-corrected chi connectivity index (χ1v) is 6.83. The average Bonchev–Trinajstić information content (AvgIpc) is 2.11. The molecule has 3 nitrogen and oxygen atoms in total. The van der Waals surface area contributed by atoms with E-state index in [2.05, 4.69) is 5.32 Å². The van der Waals surface area contributed by atoms with Crippen molar-refractivity contribution in [3.63, 3.8) is 0 Å². The SMILES string of the molecule is CC[C@H](CSCC(F)(F)F)NC(=O)OC(C)(C)C. The molecule has 0 saturated heterocycles. The number of hydrogen-bond donors (Lipinski definition) is 1. The normalized spacial score (nSPS) is 14.2. The predicted octanol–water partition coefficient (Wildman–Crippen LogP) is 3.59. The van der Waals surface area contributed by atoms with Crippen molar-refractivity contribution in [1.82, 2.24) is 5.32 Å². The third-order valence-electron chi connectivity index (χ3n) is 1.80. The molecular weight excluding hydrogens is 267 g/mol. The molecule has 0 rings (SSSR count). The lowest BCUT2D eigenvalue weighted by Gasteiger charge is -2.23. The molecule has 0 aromatic rings. The van der Waals surface area contributed by atoms with Crippen LogP contribution in [0.15, 0.2) is 0 Å². The van der Waals surface area contributed by atoms with Crippen LogP contribution in [0, 0.1) is 0 Å². The van der Waals surface area contributed by atoms with Gasteiger partial charge in [-0.15, -0.1) is 0 Å². The van der Waals surface area contributed by atoms with E-state index < -0.39 is 23.6 Å². The van der Waals surface area contributed by atoms with Crippen LogP contribution < -0.4 is 5.32 Å². The summed E-state index contributed by atoms with van der Waals surface area (Å²) in [6, 6.07) is -0.313. The van der Waals surface area contributed by atoms with E-state index >= 15 is 0 Å². The number of carbonyl (C=O) groups is 1. The number of hydrogen-bond acceptors (Lipinski definition) is 3. The van der Waals surface area contributed by atoms with E-state index in [1.807, 2.05) is 0 Å². The Bertz CT molecular complexity index is 264. The molecule has 0 spiro atoms. The fourth-order valence-electron chi connectivity index (χ4n) is 1.05. The van der Waals surface area contributed by atoms with Gasteiger partial charge in [-0.3, -0.25) is 0 Å². The van der Waals surface area contributed by atoms with Crippen molar-refractivity contribution >= 4 is 17.9 Å². The standard InChI is InChI=1S/C11H20F3NO2S/c1-5-8(6-18-7-11(12,13)14)15-9(16)17-10(2,3)4/h8H,5-7H2,1-4H3,(H,15,16)/t8-/m1/s1. The molecule has 0 radical (unpaired) electrons. The molecule has 0 bridgehead atoms. The third-order valence-corrected chi connectivity index (χ3v) is 2.97. The smallest absolute Gasteiger partial charge is 0.407 e. The molecule has 0 aromatic carbocycles. The van der Waals surface area contributed by atoms with Gasteiger partial charge in [-0.05, 0) is 27.2 Å². The van der Waals surface area contributed by atoms with Gasteiger partial charge in [-0.25, -0.2) is 4.79 Å². The Labute approximate surface area is 110 Å². The zero-order chi connectivity index (χ0) is 14.4. The molecular formula is C11H20F3NO2S. The van der Waals surface area contributed by atoms with Gasteiger partial charge >= 0.3 is 12.3 Å². The summed E-state index contributed by atoms with van der Waals surface area (Å²) in [7, 11) is 0. The monoisotopic (exact) mass is 287 g/mol. The molecule has 0 heterocycles. The van der Waals surface area contributed by atoms with Gasteiger partial charge in [0.25, 0.3) is 0 Å². The fraction of sp³-hybridized carbons (Fsp3) is 0.909. The number of rotatable bonds is 5. The molecule has 7 heteroatoms. The molecule has 0 aliphatic carbocycles. The second-order valence-electron chi connectivity index (χ2n) is 4.88. The Morgan fingerprint density at radius 1 is 1.33 bits per heavy atom. The van der Waals surface area contributed by atoms with Crippen LogP contribution in [0.5, 0.6) is 0 Å². The van der Waals surface area contributed by atoms with Crippen molar-refractivity contribution in [2.45, 2.75) is 51.9 Å². The van der Waals surface area contributed by atoms with Gasteiger partial charge < -0.3 is 10.1 Å². The zero-order valence-corrected chi connectivity index (χ0v) is 11.9. The first-order chi connectivity index (χ1) is 8.03.